The molecule has 3 aliphatic carbocycles. The average Bonchev–Trinajstić information content (AvgIpc) is 4.28. The first kappa shape index (κ1) is 53.9. The molecule has 4 amide bonds. The number of hydrogen-bond donors (Lipinski definition) is 3. The maximum Gasteiger partial charge on any atom is 0.272 e. The van der Waals surface area contributed by atoms with Crippen LogP contribution >= 0.6 is 0 Å². The number of nitrogens with one attached hydrogen (secondary N) is 2. The molecule has 22 nitrogen and oxygen atoms in total. The van der Waals surface area contributed by atoms with Crippen LogP contribution in [0.3, 0.4) is 0 Å². The van der Waals surface area contributed by atoms with Crippen molar-refractivity contribution >= 4 is 80.3 Å². The number of rotatable bonds is 9. The second-order valence-corrected chi connectivity index (χ2v) is 23.4. The highest BCUT2D eigenvalue weighted by atomic mass is 32.2. The van der Waals surface area contributed by atoms with Crippen molar-refractivity contribution in [2.24, 2.45) is 5.14 Å². The van der Waals surface area contributed by atoms with Gasteiger partial charge in [0.1, 0.15) is 0 Å². The van der Waals surface area contributed by atoms with E-state index in [1.807, 2.05) is 19.9 Å². The molecular formula is C55H67N13O9S. The van der Waals surface area contributed by atoms with Gasteiger partial charge < -0.3 is 24.8 Å². The molecule has 0 radical (unpaired) electrons. The molecule has 412 valence electrons. The Kier molecular flexibility index (Phi) is 14.3. The highest BCUT2D eigenvalue weighted by Gasteiger charge is 2.49. The normalized spacial score (nSPS) is 20.3. The van der Waals surface area contributed by atoms with E-state index in [4.69, 9.17) is 29.3 Å². The van der Waals surface area contributed by atoms with Crippen LogP contribution in [0, 0.1) is 0 Å². The number of primary sulfonamides is 1. The summed E-state index contributed by atoms with van der Waals surface area (Å²) >= 11 is 0. The Morgan fingerprint density at radius 2 is 0.974 bits per heavy atom. The Morgan fingerprint density at radius 1 is 0.564 bits per heavy atom. The lowest BCUT2D eigenvalue weighted by molar-refractivity contribution is -0.133. The van der Waals surface area contributed by atoms with Crippen molar-refractivity contribution in [2.45, 2.75) is 179 Å². The topological polar surface area (TPSA) is 270 Å². The van der Waals surface area contributed by atoms with Crippen LogP contribution in [0.2, 0.25) is 0 Å². The monoisotopic (exact) mass is 1090 g/mol. The van der Waals surface area contributed by atoms with Crippen molar-refractivity contribution in [1.29, 1.82) is 0 Å². The maximum atomic E-state index is 13.6. The molecule has 12 rings (SSSR count). The van der Waals surface area contributed by atoms with Crippen LogP contribution < -0.4 is 49.6 Å². The number of carbonyl (C=O) groups excluding carboxylic acids is 4. The van der Waals surface area contributed by atoms with Gasteiger partial charge in [0.2, 0.25) is 27.9 Å². The minimum Gasteiger partial charge on any atom is -0.472 e. The molecule has 4 N–H and O–H groups in total. The molecule has 0 unspecified atom stereocenters. The zero-order valence-electron chi connectivity index (χ0n) is 45.3. The van der Waals surface area contributed by atoms with Gasteiger partial charge in [-0.3, -0.25) is 38.8 Å². The Bertz CT molecular complexity index is 3300. The largest absolute Gasteiger partial charge is 0.472 e. The molecule has 0 atom stereocenters. The third-order valence-corrected chi connectivity index (χ3v) is 16.0. The molecule has 3 aromatic heterocycles. The van der Waals surface area contributed by atoms with Gasteiger partial charge >= 0.3 is 0 Å². The molecule has 2 aromatic carbocycles. The van der Waals surface area contributed by atoms with Crippen LogP contribution in [0.4, 0.5) is 46.7 Å². The van der Waals surface area contributed by atoms with E-state index in [2.05, 4.69) is 30.6 Å². The standard InChI is InChI=1S/C34H38N8O5.C19H23N5O4S.C2H6/c1-33(2)29(44)41(21-9-5-6-10-21)26-24(46-33)16-35-31(38-26)37-20-13-14-23-19(15-20)18-40(28(23)43)32-36-17-25-27(39-32)42(22-11-7-8-12-22)30(45)34(3,4)47-25;1-19(2)17(25)24(13-7-3-4-8-13)16-15(28-19)11-21-18(23-16)22-12-6-5-9-14(10-12)29(20,26)27;1-2/h13-17,21-22H,5-12,18H2,1-4H3,(H,35,37,38);5-6,9-11,13H,3-4,7-8H2,1-2H3,(H2,20,26,27)(H,21,22,23);1-2H3. The van der Waals surface area contributed by atoms with E-state index in [-0.39, 0.29) is 65.1 Å². The number of hydrogen-bond acceptors (Lipinski definition) is 17. The Hall–Kier alpha value is -7.53. The van der Waals surface area contributed by atoms with Gasteiger partial charge in [0, 0.05) is 35.1 Å². The zero-order chi connectivity index (χ0) is 55.5. The predicted molar refractivity (Wildman–Crippen MR) is 292 cm³/mol. The van der Waals surface area contributed by atoms with Crippen molar-refractivity contribution in [1.82, 2.24) is 29.9 Å². The number of ether oxygens (including phenoxy) is 3. The van der Waals surface area contributed by atoms with Crippen LogP contribution in [0.5, 0.6) is 17.2 Å². The van der Waals surface area contributed by atoms with Gasteiger partial charge in [-0.15, -0.1) is 0 Å². The molecule has 0 spiro atoms. The van der Waals surface area contributed by atoms with Gasteiger partial charge in [0.15, 0.2) is 51.5 Å². The lowest BCUT2D eigenvalue weighted by Gasteiger charge is -2.40. The fraction of sp³-hybridized carbons (Fsp3) is 0.491. The summed E-state index contributed by atoms with van der Waals surface area (Å²) < 4.78 is 41.0. The SMILES string of the molecule is CC.CC1(C)Oc2cnc(Nc3ccc4c(c3)CN(c3ncc5c(n3)N(C3CCCC3)C(=O)C(C)(C)O5)C4=O)nc2N(C2CCCC2)C1=O.CC1(C)Oc2cnc(Nc3cccc(S(N)(=O)=O)c3)nc2N(C2CCCC2)C1=O. The molecule has 5 aromatic rings. The second-order valence-electron chi connectivity index (χ2n) is 21.9. The number of aromatic nitrogens is 6. The smallest absolute Gasteiger partial charge is 0.272 e. The van der Waals surface area contributed by atoms with Gasteiger partial charge in [-0.05, 0) is 122 Å². The fourth-order valence-electron chi connectivity index (χ4n) is 11.2. The quantitative estimate of drug-likeness (QED) is 0.125. The second kappa shape index (κ2) is 20.7. The lowest BCUT2D eigenvalue weighted by atomic mass is 10.0. The molecule has 23 heteroatoms. The highest BCUT2D eigenvalue weighted by molar-refractivity contribution is 7.89. The minimum absolute atomic E-state index is 0.0201. The highest BCUT2D eigenvalue weighted by Crippen LogP contribution is 2.45. The molecular weight excluding hydrogens is 1020 g/mol. The van der Waals surface area contributed by atoms with Crippen LogP contribution in [-0.2, 0) is 31.0 Å². The molecule has 3 fully saturated rings. The van der Waals surface area contributed by atoms with Crippen molar-refractivity contribution in [2.75, 3.05) is 30.2 Å². The first-order chi connectivity index (χ1) is 37.1. The van der Waals surface area contributed by atoms with Crippen molar-refractivity contribution < 1.29 is 41.8 Å². The van der Waals surface area contributed by atoms with Crippen LogP contribution in [-0.4, -0.2) is 96.9 Å². The summed E-state index contributed by atoms with van der Waals surface area (Å²) in [6, 6.07) is 11.7. The predicted octanol–water partition coefficient (Wildman–Crippen LogP) is 8.40. The molecule has 0 bridgehead atoms. The van der Waals surface area contributed by atoms with Crippen molar-refractivity contribution in [3.8, 4) is 17.2 Å². The minimum atomic E-state index is -3.83. The lowest BCUT2D eigenvalue weighted by Crippen LogP contribution is -2.56. The third kappa shape index (κ3) is 10.2. The van der Waals surface area contributed by atoms with E-state index in [0.717, 1.165) is 82.6 Å². The van der Waals surface area contributed by atoms with E-state index < -0.39 is 26.8 Å². The Labute approximate surface area is 453 Å². The number of nitrogens with zero attached hydrogens (tertiary/aromatic N) is 10. The molecule has 0 saturated heterocycles. The summed E-state index contributed by atoms with van der Waals surface area (Å²) in [6.07, 6.45) is 16.6. The summed E-state index contributed by atoms with van der Waals surface area (Å²) in [5.74, 6) is 2.87. The van der Waals surface area contributed by atoms with Gasteiger partial charge in [-0.1, -0.05) is 58.4 Å². The molecule has 78 heavy (non-hydrogen) atoms. The average molecular weight is 1090 g/mol. The summed E-state index contributed by atoms with van der Waals surface area (Å²) in [5.41, 5.74) is -0.536. The van der Waals surface area contributed by atoms with E-state index in [0.29, 0.717) is 57.6 Å². The summed E-state index contributed by atoms with van der Waals surface area (Å²) in [6.45, 7) is 14.8. The van der Waals surface area contributed by atoms with Crippen LogP contribution in [0.25, 0.3) is 0 Å². The summed E-state index contributed by atoms with van der Waals surface area (Å²) in [7, 11) is -3.83. The number of anilines is 8. The molecule has 7 heterocycles. The number of amides is 4. The first-order valence-electron chi connectivity index (χ1n) is 27.0. The van der Waals surface area contributed by atoms with Crippen molar-refractivity contribution in [3.05, 3.63) is 72.2 Å². The number of benzene rings is 2. The fourth-order valence-corrected chi connectivity index (χ4v) is 11.8. The Morgan fingerprint density at radius 3 is 1.41 bits per heavy atom. The number of nitrogens with two attached hydrogens (primary N) is 1. The van der Waals surface area contributed by atoms with E-state index in [9.17, 15) is 27.6 Å². The number of carbonyl (C=O) groups is 4. The Balaban J connectivity index is 0.000000190. The van der Waals surface area contributed by atoms with Crippen molar-refractivity contribution in [3.63, 3.8) is 0 Å². The van der Waals surface area contributed by atoms with Crippen LogP contribution in [0.15, 0.2) is 66.0 Å². The molecule has 4 aliphatic heterocycles. The van der Waals surface area contributed by atoms with E-state index in [1.54, 1.807) is 92.9 Å². The number of sulfonamides is 1. The van der Waals surface area contributed by atoms with E-state index in [1.165, 1.54) is 23.2 Å². The zero-order valence-corrected chi connectivity index (χ0v) is 46.1. The van der Waals surface area contributed by atoms with Gasteiger partial charge in [-0.2, -0.15) is 15.0 Å². The van der Waals surface area contributed by atoms with Gasteiger partial charge in [0.25, 0.3) is 23.6 Å². The van der Waals surface area contributed by atoms with Gasteiger partial charge in [0.05, 0.1) is 30.0 Å². The molecule has 7 aliphatic rings. The summed E-state index contributed by atoms with van der Waals surface area (Å²) in [4.78, 5) is 87.6. The van der Waals surface area contributed by atoms with E-state index >= 15 is 0 Å². The maximum absolute atomic E-state index is 13.6. The number of fused-ring (bicyclic) bond motifs is 4. The molecule has 3 saturated carbocycles. The summed E-state index contributed by atoms with van der Waals surface area (Å²) in [5, 5.41) is 11.4. The van der Waals surface area contributed by atoms with Gasteiger partial charge in [-0.25, -0.2) is 28.5 Å². The third-order valence-electron chi connectivity index (χ3n) is 15.1. The van der Waals surface area contributed by atoms with Crippen LogP contribution in [0.1, 0.15) is 148 Å². The first-order valence-corrected chi connectivity index (χ1v) is 28.5.